The lowest BCUT2D eigenvalue weighted by Gasteiger charge is -2.36. The molecule has 2 heterocycles. The highest BCUT2D eigenvalue weighted by Gasteiger charge is 2.31. The Morgan fingerprint density at radius 2 is 1.73 bits per heavy atom. The zero-order valence-corrected chi connectivity index (χ0v) is 15.9. The molecule has 4 rings (SSSR count). The third kappa shape index (κ3) is 3.43. The number of hydrogen-bond donors (Lipinski definition) is 1. The second-order valence-corrected chi connectivity index (χ2v) is 8.68. The van der Waals surface area contributed by atoms with Crippen LogP contribution in [0.4, 0.5) is 11.4 Å². The third-order valence-electron chi connectivity index (χ3n) is 5.10. The highest BCUT2D eigenvalue weighted by molar-refractivity contribution is 7.92. The first kappa shape index (κ1) is 17.4. The van der Waals surface area contributed by atoms with Gasteiger partial charge in [0.05, 0.1) is 0 Å². The van der Waals surface area contributed by atoms with E-state index >= 15 is 0 Å². The van der Waals surface area contributed by atoms with E-state index in [9.17, 15) is 8.42 Å². The molecule has 1 aromatic carbocycles. The van der Waals surface area contributed by atoms with Crippen molar-refractivity contribution in [3.05, 3.63) is 35.7 Å². The van der Waals surface area contributed by atoms with Crippen molar-refractivity contribution in [2.45, 2.75) is 37.6 Å². The van der Waals surface area contributed by atoms with E-state index in [0.29, 0.717) is 17.1 Å². The van der Waals surface area contributed by atoms with Crippen LogP contribution in [0.15, 0.2) is 33.7 Å². The van der Waals surface area contributed by atoms with Crippen molar-refractivity contribution >= 4 is 21.4 Å². The highest BCUT2D eigenvalue weighted by atomic mass is 32.2. The SMILES string of the molecule is Cc1noc(C)c1S(=O)(=O)Nc1ccc(N2CCN(C3CC3)CC2)cc1. The lowest BCUT2D eigenvalue weighted by molar-refractivity contribution is 0.248. The number of rotatable bonds is 5. The molecule has 8 heteroatoms. The Labute approximate surface area is 154 Å². The van der Waals surface area contributed by atoms with E-state index in [2.05, 4.69) is 19.7 Å². The molecule has 26 heavy (non-hydrogen) atoms. The van der Waals surface area contributed by atoms with Gasteiger partial charge in [0.15, 0.2) is 10.7 Å². The number of nitrogens with one attached hydrogen (secondary N) is 1. The second-order valence-electron chi connectivity index (χ2n) is 7.06. The molecule has 2 aliphatic rings. The number of aromatic nitrogens is 1. The van der Waals surface area contributed by atoms with Gasteiger partial charge >= 0.3 is 0 Å². The molecule has 1 aliphatic heterocycles. The summed E-state index contributed by atoms with van der Waals surface area (Å²) in [4.78, 5) is 5.03. The number of hydrogen-bond acceptors (Lipinski definition) is 6. The van der Waals surface area contributed by atoms with Gasteiger partial charge in [0, 0.05) is 43.6 Å². The first-order valence-electron chi connectivity index (χ1n) is 8.99. The van der Waals surface area contributed by atoms with Crippen LogP contribution in [-0.2, 0) is 10.0 Å². The quantitative estimate of drug-likeness (QED) is 0.863. The number of sulfonamides is 1. The molecular weight excluding hydrogens is 352 g/mol. The van der Waals surface area contributed by atoms with Crippen LogP contribution in [0.25, 0.3) is 0 Å². The van der Waals surface area contributed by atoms with Crippen LogP contribution < -0.4 is 9.62 Å². The van der Waals surface area contributed by atoms with Crippen molar-refractivity contribution in [3.8, 4) is 0 Å². The monoisotopic (exact) mass is 376 g/mol. The van der Waals surface area contributed by atoms with Gasteiger partial charge in [-0.2, -0.15) is 0 Å². The topological polar surface area (TPSA) is 78.7 Å². The minimum atomic E-state index is -3.71. The minimum absolute atomic E-state index is 0.109. The first-order chi connectivity index (χ1) is 12.4. The molecule has 1 N–H and O–H groups in total. The van der Waals surface area contributed by atoms with E-state index in [0.717, 1.165) is 37.9 Å². The van der Waals surface area contributed by atoms with Crippen molar-refractivity contribution in [2.24, 2.45) is 0 Å². The molecule has 0 spiro atoms. The van der Waals surface area contributed by atoms with Crippen molar-refractivity contribution < 1.29 is 12.9 Å². The summed E-state index contributed by atoms with van der Waals surface area (Å²) in [5.74, 6) is 0.292. The summed E-state index contributed by atoms with van der Waals surface area (Å²) in [6.07, 6.45) is 2.69. The molecule has 7 nitrogen and oxygen atoms in total. The van der Waals surface area contributed by atoms with Crippen LogP contribution in [0.5, 0.6) is 0 Å². The van der Waals surface area contributed by atoms with E-state index in [1.54, 1.807) is 26.0 Å². The van der Waals surface area contributed by atoms with Crippen molar-refractivity contribution in [2.75, 3.05) is 35.8 Å². The molecule has 1 saturated heterocycles. The summed E-state index contributed by atoms with van der Waals surface area (Å²) < 4.78 is 32.7. The van der Waals surface area contributed by atoms with E-state index < -0.39 is 10.0 Å². The fourth-order valence-electron chi connectivity index (χ4n) is 3.59. The van der Waals surface area contributed by atoms with Gasteiger partial charge in [0.1, 0.15) is 5.69 Å². The van der Waals surface area contributed by atoms with Gasteiger partial charge in [-0.15, -0.1) is 0 Å². The van der Waals surface area contributed by atoms with Crippen LogP contribution in [0, 0.1) is 13.8 Å². The maximum absolute atomic E-state index is 12.6. The molecule has 1 aliphatic carbocycles. The Balaban J connectivity index is 1.43. The summed E-state index contributed by atoms with van der Waals surface area (Å²) in [6.45, 7) is 7.45. The van der Waals surface area contributed by atoms with Crippen molar-refractivity contribution in [1.82, 2.24) is 10.1 Å². The maximum Gasteiger partial charge on any atom is 0.267 e. The first-order valence-corrected chi connectivity index (χ1v) is 10.5. The van der Waals surface area contributed by atoms with Crippen LogP contribution in [0.1, 0.15) is 24.3 Å². The molecule has 0 atom stereocenters. The Kier molecular flexibility index (Phi) is 4.40. The summed E-state index contributed by atoms with van der Waals surface area (Å²) in [7, 11) is -3.71. The molecule has 0 radical (unpaired) electrons. The lowest BCUT2D eigenvalue weighted by atomic mass is 10.2. The number of anilines is 2. The Hall–Kier alpha value is -2.06. The molecule has 1 aromatic heterocycles. The van der Waals surface area contributed by atoms with Gasteiger partial charge < -0.3 is 9.42 Å². The largest absolute Gasteiger partial charge is 0.369 e. The standard InChI is InChI=1S/C18H24N4O3S/c1-13-18(14(2)25-19-13)26(23,24)20-15-3-5-16(6-4-15)21-9-11-22(12-10-21)17-7-8-17/h3-6,17,20H,7-12H2,1-2H3. The number of aryl methyl sites for hydroxylation is 2. The van der Waals surface area contributed by atoms with E-state index in [4.69, 9.17) is 4.52 Å². The summed E-state index contributed by atoms with van der Waals surface area (Å²) in [6, 6.07) is 8.37. The molecule has 1 saturated carbocycles. The summed E-state index contributed by atoms with van der Waals surface area (Å²) in [5.41, 5.74) is 2.02. The highest BCUT2D eigenvalue weighted by Crippen LogP contribution is 2.29. The number of nitrogens with zero attached hydrogens (tertiary/aromatic N) is 3. The van der Waals surface area contributed by atoms with Gasteiger partial charge in [0.25, 0.3) is 10.0 Å². The molecular formula is C18H24N4O3S. The van der Waals surface area contributed by atoms with E-state index in [1.165, 1.54) is 12.8 Å². The fraction of sp³-hybridized carbons (Fsp3) is 0.500. The van der Waals surface area contributed by atoms with Crippen LogP contribution in [0.2, 0.25) is 0 Å². The zero-order chi connectivity index (χ0) is 18.3. The predicted octanol–water partition coefficient (Wildman–Crippen LogP) is 2.38. The Morgan fingerprint density at radius 3 is 2.27 bits per heavy atom. The third-order valence-corrected chi connectivity index (χ3v) is 6.72. The molecule has 0 amide bonds. The molecule has 2 aromatic rings. The Morgan fingerprint density at radius 1 is 1.08 bits per heavy atom. The maximum atomic E-state index is 12.6. The fourth-order valence-corrected chi connectivity index (χ4v) is 4.98. The number of piperazine rings is 1. The molecule has 0 bridgehead atoms. The molecule has 2 fully saturated rings. The predicted molar refractivity (Wildman–Crippen MR) is 100 cm³/mol. The van der Waals surface area contributed by atoms with Gasteiger partial charge in [-0.3, -0.25) is 9.62 Å². The van der Waals surface area contributed by atoms with Crippen LogP contribution in [-0.4, -0.2) is 50.7 Å². The van der Waals surface area contributed by atoms with Gasteiger partial charge in [-0.05, 0) is 51.0 Å². The molecule has 140 valence electrons. The van der Waals surface area contributed by atoms with Gasteiger partial charge in [0.2, 0.25) is 0 Å². The van der Waals surface area contributed by atoms with Crippen LogP contribution >= 0.6 is 0 Å². The van der Waals surface area contributed by atoms with Crippen molar-refractivity contribution in [3.63, 3.8) is 0 Å². The second kappa shape index (κ2) is 6.59. The van der Waals surface area contributed by atoms with Crippen LogP contribution in [0.3, 0.4) is 0 Å². The average molecular weight is 376 g/mol. The zero-order valence-electron chi connectivity index (χ0n) is 15.1. The minimum Gasteiger partial charge on any atom is -0.369 e. The average Bonchev–Trinajstić information content (AvgIpc) is 3.40. The van der Waals surface area contributed by atoms with Gasteiger partial charge in [-0.1, -0.05) is 5.16 Å². The van der Waals surface area contributed by atoms with Gasteiger partial charge in [-0.25, -0.2) is 8.42 Å². The normalized spacial score (nSPS) is 18.9. The van der Waals surface area contributed by atoms with E-state index in [-0.39, 0.29) is 4.90 Å². The smallest absolute Gasteiger partial charge is 0.267 e. The summed E-state index contributed by atoms with van der Waals surface area (Å²) in [5, 5.41) is 3.72. The van der Waals surface area contributed by atoms with E-state index in [1.807, 2.05) is 12.1 Å². The summed E-state index contributed by atoms with van der Waals surface area (Å²) >= 11 is 0. The van der Waals surface area contributed by atoms with Crippen molar-refractivity contribution in [1.29, 1.82) is 0 Å². The molecule has 0 unspecified atom stereocenters. The lowest BCUT2D eigenvalue weighted by Crippen LogP contribution is -2.47. The Bertz CT molecular complexity index is 860. The number of benzene rings is 1.